The van der Waals surface area contributed by atoms with Crippen LogP contribution in [0, 0.1) is 13.8 Å². The number of benzene rings is 1. The van der Waals surface area contributed by atoms with Crippen molar-refractivity contribution in [1.29, 1.82) is 0 Å². The lowest BCUT2D eigenvalue weighted by atomic mass is 9.84. The Morgan fingerprint density at radius 3 is 2.62 bits per heavy atom. The predicted molar refractivity (Wildman–Crippen MR) is 106 cm³/mol. The van der Waals surface area contributed by atoms with Gasteiger partial charge in [0.15, 0.2) is 5.60 Å². The molecule has 2 amide bonds. The maximum atomic E-state index is 13.0. The summed E-state index contributed by atoms with van der Waals surface area (Å²) in [5.74, 6) is 1.55. The number of carbonyl (C=O) groups is 2. The molecule has 0 saturated carbocycles. The fourth-order valence-electron chi connectivity index (χ4n) is 4.47. The molecular weight excluding hydrogens is 370 g/mol. The van der Waals surface area contributed by atoms with Crippen molar-refractivity contribution >= 4 is 17.8 Å². The summed E-state index contributed by atoms with van der Waals surface area (Å²) in [6.07, 6.45) is 1.45. The first-order chi connectivity index (χ1) is 13.9. The molecule has 29 heavy (non-hydrogen) atoms. The maximum absolute atomic E-state index is 13.0. The Balaban J connectivity index is 1.33. The molecular formula is C21H23N5O3. The van der Waals surface area contributed by atoms with Gasteiger partial charge in [0.25, 0.3) is 5.91 Å². The van der Waals surface area contributed by atoms with E-state index in [4.69, 9.17) is 4.74 Å². The van der Waals surface area contributed by atoms with Crippen molar-refractivity contribution in [3.63, 3.8) is 0 Å². The molecule has 3 aliphatic rings. The van der Waals surface area contributed by atoms with Crippen LogP contribution in [0.25, 0.3) is 0 Å². The van der Waals surface area contributed by atoms with Crippen LogP contribution in [0.1, 0.15) is 21.7 Å². The van der Waals surface area contributed by atoms with Crippen molar-refractivity contribution in [3.05, 3.63) is 53.5 Å². The normalized spacial score (nSPS) is 22.3. The number of hydrogen-bond donors (Lipinski definition) is 0. The molecule has 3 fully saturated rings. The first-order valence-corrected chi connectivity index (χ1v) is 9.85. The molecule has 1 spiro atoms. The van der Waals surface area contributed by atoms with E-state index in [1.54, 1.807) is 11.1 Å². The van der Waals surface area contributed by atoms with Crippen molar-refractivity contribution < 1.29 is 14.3 Å². The third kappa shape index (κ3) is 2.90. The van der Waals surface area contributed by atoms with E-state index < -0.39 is 5.60 Å². The number of piperazine rings is 1. The van der Waals surface area contributed by atoms with Crippen LogP contribution in [-0.4, -0.2) is 76.1 Å². The fraction of sp³-hybridized carbons (Fsp3) is 0.429. The van der Waals surface area contributed by atoms with Crippen molar-refractivity contribution in [1.82, 2.24) is 19.8 Å². The zero-order valence-electron chi connectivity index (χ0n) is 16.5. The number of fused-ring (bicyclic) bond motifs is 2. The van der Waals surface area contributed by atoms with Gasteiger partial charge in [0, 0.05) is 31.4 Å². The lowest BCUT2D eigenvalue weighted by Gasteiger charge is -2.51. The highest BCUT2D eigenvalue weighted by Crippen LogP contribution is 2.41. The zero-order chi connectivity index (χ0) is 20.2. The molecule has 3 saturated heterocycles. The average molecular weight is 393 g/mol. The highest BCUT2D eigenvalue weighted by atomic mass is 16.6. The number of nitrogens with zero attached hydrogens (tertiary/aromatic N) is 5. The third-order valence-corrected chi connectivity index (χ3v) is 6.10. The quantitative estimate of drug-likeness (QED) is 0.772. The van der Waals surface area contributed by atoms with Crippen LogP contribution in [-0.2, 0) is 4.74 Å². The van der Waals surface area contributed by atoms with Gasteiger partial charge in [-0.05, 0) is 32.0 Å². The van der Waals surface area contributed by atoms with Crippen LogP contribution in [0.15, 0.2) is 36.5 Å². The first-order valence-electron chi connectivity index (χ1n) is 9.85. The van der Waals surface area contributed by atoms with Gasteiger partial charge >= 0.3 is 6.09 Å². The highest BCUT2D eigenvalue weighted by molar-refractivity contribution is 5.94. The van der Waals surface area contributed by atoms with Gasteiger partial charge < -0.3 is 14.5 Å². The molecule has 0 aliphatic carbocycles. The minimum atomic E-state index is -0.595. The second kappa shape index (κ2) is 6.43. The molecule has 2 aromatic rings. The minimum absolute atomic E-state index is 0.00162. The number of anilines is 1. The molecule has 0 bridgehead atoms. The molecule has 0 N–H and O–H groups in total. The van der Waals surface area contributed by atoms with Gasteiger partial charge in [-0.3, -0.25) is 9.69 Å². The van der Waals surface area contributed by atoms with Crippen LogP contribution in [0.4, 0.5) is 10.6 Å². The summed E-state index contributed by atoms with van der Waals surface area (Å²) in [5, 5.41) is 0. The van der Waals surface area contributed by atoms with Crippen LogP contribution in [0.3, 0.4) is 0 Å². The Kier molecular flexibility index (Phi) is 3.97. The van der Waals surface area contributed by atoms with Gasteiger partial charge in [-0.15, -0.1) is 0 Å². The SMILES string of the molecule is Cc1ccc(C(=O)N2CCN3C(=O)OC4(CN(c5ccnc(C)n5)C4)C3C2)cc1. The number of amides is 2. The Labute approximate surface area is 169 Å². The zero-order valence-corrected chi connectivity index (χ0v) is 16.5. The third-order valence-electron chi connectivity index (χ3n) is 6.10. The van der Waals surface area contributed by atoms with Crippen LogP contribution in [0.2, 0.25) is 0 Å². The Hall–Kier alpha value is -3.16. The number of aromatic nitrogens is 2. The van der Waals surface area contributed by atoms with Crippen molar-refractivity contribution in [2.75, 3.05) is 37.6 Å². The smallest absolute Gasteiger partial charge is 0.411 e. The van der Waals surface area contributed by atoms with E-state index >= 15 is 0 Å². The molecule has 1 atom stereocenters. The first kappa shape index (κ1) is 17.9. The summed E-state index contributed by atoms with van der Waals surface area (Å²) in [5.41, 5.74) is 1.20. The standard InChI is InChI=1S/C21H23N5O3/c1-14-3-5-16(6-4-14)19(27)24-9-10-26-17(11-24)21(29-20(26)28)12-25(13-21)18-7-8-22-15(2)23-18/h3-8,17H,9-13H2,1-2H3. The van der Waals surface area contributed by atoms with Gasteiger partial charge in [-0.2, -0.15) is 0 Å². The largest absolute Gasteiger partial charge is 0.437 e. The fourth-order valence-corrected chi connectivity index (χ4v) is 4.47. The van der Waals surface area contributed by atoms with E-state index in [0.717, 1.165) is 11.4 Å². The molecule has 4 heterocycles. The second-order valence-corrected chi connectivity index (χ2v) is 8.08. The number of hydrogen-bond acceptors (Lipinski definition) is 6. The summed E-state index contributed by atoms with van der Waals surface area (Å²) in [4.78, 5) is 39.7. The van der Waals surface area contributed by atoms with Crippen molar-refractivity contribution in [3.8, 4) is 0 Å². The lowest BCUT2D eigenvalue weighted by molar-refractivity contribution is -0.00671. The number of aryl methyl sites for hydroxylation is 2. The van der Waals surface area contributed by atoms with Crippen LogP contribution in [0.5, 0.6) is 0 Å². The number of carbonyl (C=O) groups excluding carboxylic acids is 2. The van der Waals surface area contributed by atoms with E-state index in [1.165, 1.54) is 0 Å². The molecule has 8 nitrogen and oxygen atoms in total. The number of rotatable bonds is 2. The number of ether oxygens (including phenoxy) is 1. The Morgan fingerprint density at radius 1 is 1.14 bits per heavy atom. The molecule has 150 valence electrons. The summed E-state index contributed by atoms with van der Waals surface area (Å²) in [6.45, 7) is 6.49. The molecule has 1 aromatic carbocycles. The van der Waals surface area contributed by atoms with Gasteiger partial charge in [0.05, 0.1) is 19.1 Å². The van der Waals surface area contributed by atoms with Crippen molar-refractivity contribution in [2.24, 2.45) is 0 Å². The van der Waals surface area contributed by atoms with E-state index in [2.05, 4.69) is 14.9 Å². The molecule has 1 unspecified atom stereocenters. The summed E-state index contributed by atoms with van der Waals surface area (Å²) in [6, 6.07) is 9.33. The van der Waals surface area contributed by atoms with Gasteiger partial charge in [0.2, 0.25) is 0 Å². The van der Waals surface area contributed by atoms with Gasteiger partial charge in [-0.1, -0.05) is 17.7 Å². The van der Waals surface area contributed by atoms with Gasteiger partial charge in [0.1, 0.15) is 11.6 Å². The maximum Gasteiger partial charge on any atom is 0.411 e. The molecule has 5 rings (SSSR count). The van der Waals surface area contributed by atoms with Gasteiger partial charge in [-0.25, -0.2) is 14.8 Å². The Bertz CT molecular complexity index is 971. The molecule has 8 heteroatoms. The van der Waals surface area contributed by atoms with Crippen LogP contribution >= 0.6 is 0 Å². The monoisotopic (exact) mass is 393 g/mol. The topological polar surface area (TPSA) is 78.9 Å². The molecule has 0 radical (unpaired) electrons. The average Bonchev–Trinajstić information content (AvgIpc) is 2.99. The van der Waals surface area contributed by atoms with Crippen molar-refractivity contribution in [2.45, 2.75) is 25.5 Å². The lowest BCUT2D eigenvalue weighted by Crippen LogP contribution is -2.71. The minimum Gasteiger partial charge on any atom is -0.437 e. The van der Waals surface area contributed by atoms with E-state index in [1.807, 2.05) is 49.1 Å². The highest BCUT2D eigenvalue weighted by Gasteiger charge is 2.62. The van der Waals surface area contributed by atoms with E-state index in [0.29, 0.717) is 44.1 Å². The van der Waals surface area contributed by atoms with E-state index in [-0.39, 0.29) is 18.0 Å². The summed E-state index contributed by atoms with van der Waals surface area (Å²) < 4.78 is 5.83. The predicted octanol–water partition coefficient (Wildman–Crippen LogP) is 1.63. The summed E-state index contributed by atoms with van der Waals surface area (Å²) in [7, 11) is 0. The molecule has 1 aromatic heterocycles. The second-order valence-electron chi connectivity index (χ2n) is 8.08. The van der Waals surface area contributed by atoms with E-state index in [9.17, 15) is 9.59 Å². The summed E-state index contributed by atoms with van der Waals surface area (Å²) >= 11 is 0. The Morgan fingerprint density at radius 2 is 1.90 bits per heavy atom. The molecule has 3 aliphatic heterocycles. The van der Waals surface area contributed by atoms with Crippen LogP contribution < -0.4 is 4.90 Å².